The molecule has 3 aromatic carbocycles. The lowest BCUT2D eigenvalue weighted by Crippen LogP contribution is -2.53. The van der Waals surface area contributed by atoms with Crippen LogP contribution in [0.2, 0.25) is 18.1 Å². The SMILES string of the molecule is COc1ccc(C(Nc2nc3c(ncn3[C@H]3C[C@H](O[Si](C)(C)C(C)(C)C)[C@@](C=O)(CO)O3)c(=O)[nH]2)(c2ccccc2)c2ccccc2)cc1. The summed E-state index contributed by atoms with van der Waals surface area (Å²) in [6, 6.07) is 27.6. The van der Waals surface area contributed by atoms with E-state index in [0.29, 0.717) is 12.0 Å². The second-order valence-corrected chi connectivity index (χ2v) is 18.7. The molecule has 0 unspecified atom stereocenters. The Labute approximate surface area is 286 Å². The van der Waals surface area contributed by atoms with Gasteiger partial charge in [0.2, 0.25) is 5.95 Å². The molecule has 49 heavy (non-hydrogen) atoms. The number of rotatable bonds is 11. The van der Waals surface area contributed by atoms with Crippen LogP contribution in [0.5, 0.6) is 5.75 Å². The summed E-state index contributed by atoms with van der Waals surface area (Å²) >= 11 is 0. The monoisotopic (exact) mass is 681 g/mol. The van der Waals surface area contributed by atoms with Crippen LogP contribution in [-0.4, -0.2) is 64.7 Å². The number of imidazole rings is 1. The number of aliphatic hydroxyl groups is 1. The largest absolute Gasteiger partial charge is 0.497 e. The van der Waals surface area contributed by atoms with Crippen molar-refractivity contribution in [2.24, 2.45) is 0 Å². The third-order valence-corrected chi connectivity index (χ3v) is 14.5. The Morgan fingerprint density at radius 3 is 2.14 bits per heavy atom. The Kier molecular flexibility index (Phi) is 9.09. The van der Waals surface area contributed by atoms with Gasteiger partial charge in [0.15, 0.2) is 31.4 Å². The maximum atomic E-state index is 13.6. The molecule has 256 valence electrons. The first kappa shape index (κ1) is 34.2. The van der Waals surface area contributed by atoms with Gasteiger partial charge in [0, 0.05) is 6.42 Å². The highest BCUT2D eigenvalue weighted by molar-refractivity contribution is 6.74. The summed E-state index contributed by atoms with van der Waals surface area (Å²) in [5, 5.41) is 13.9. The number of fused-ring (bicyclic) bond motifs is 1. The molecule has 0 amide bonds. The molecule has 3 atom stereocenters. The number of aromatic nitrogens is 4. The van der Waals surface area contributed by atoms with Crippen molar-refractivity contribution in [3.63, 3.8) is 0 Å². The lowest BCUT2D eigenvalue weighted by molar-refractivity contribution is -0.150. The van der Waals surface area contributed by atoms with Crippen LogP contribution in [0.1, 0.15) is 50.1 Å². The van der Waals surface area contributed by atoms with Crippen molar-refractivity contribution < 1.29 is 23.8 Å². The summed E-state index contributed by atoms with van der Waals surface area (Å²) < 4.78 is 20.1. The third kappa shape index (κ3) is 6.10. The zero-order valence-corrected chi connectivity index (χ0v) is 29.6. The second kappa shape index (κ2) is 13.0. The summed E-state index contributed by atoms with van der Waals surface area (Å²) in [4.78, 5) is 38.4. The highest BCUT2D eigenvalue weighted by Crippen LogP contribution is 2.45. The Morgan fingerprint density at radius 1 is 1.02 bits per heavy atom. The maximum absolute atomic E-state index is 13.6. The Hall–Kier alpha value is -4.62. The van der Waals surface area contributed by atoms with Gasteiger partial charge in [-0.3, -0.25) is 19.1 Å². The van der Waals surface area contributed by atoms with Crippen molar-refractivity contribution in [2.75, 3.05) is 19.0 Å². The van der Waals surface area contributed by atoms with E-state index in [2.05, 4.69) is 49.1 Å². The molecule has 3 N–H and O–H groups in total. The van der Waals surface area contributed by atoms with Crippen LogP contribution in [0.3, 0.4) is 0 Å². The van der Waals surface area contributed by atoms with E-state index in [1.165, 1.54) is 6.33 Å². The molecule has 6 rings (SSSR count). The van der Waals surface area contributed by atoms with Gasteiger partial charge in [-0.15, -0.1) is 0 Å². The average molecular weight is 682 g/mol. The lowest BCUT2D eigenvalue weighted by atomic mass is 9.77. The van der Waals surface area contributed by atoms with E-state index in [-0.39, 0.29) is 28.6 Å². The minimum atomic E-state index is -2.37. The minimum absolute atomic E-state index is 0.109. The van der Waals surface area contributed by atoms with Crippen LogP contribution in [-0.2, 0) is 19.5 Å². The van der Waals surface area contributed by atoms with E-state index < -0.39 is 44.0 Å². The number of hydrogen-bond acceptors (Lipinski definition) is 9. The normalized spacial score (nSPS) is 20.0. The van der Waals surface area contributed by atoms with Crippen LogP contribution < -0.4 is 15.6 Å². The number of benzene rings is 3. The highest BCUT2D eigenvalue weighted by atomic mass is 28.4. The summed E-state index contributed by atoms with van der Waals surface area (Å²) in [6.07, 6.45) is 0.859. The molecule has 1 aliphatic rings. The number of carbonyl (C=O) groups is 1. The molecule has 12 heteroatoms. The van der Waals surface area contributed by atoms with Crippen molar-refractivity contribution in [3.8, 4) is 5.75 Å². The van der Waals surface area contributed by atoms with Gasteiger partial charge in [-0.05, 0) is 47.0 Å². The van der Waals surface area contributed by atoms with Gasteiger partial charge in [0.1, 0.15) is 17.5 Å². The molecule has 0 saturated carbocycles. The summed E-state index contributed by atoms with van der Waals surface area (Å²) in [5.74, 6) is 0.899. The molecule has 0 bridgehead atoms. The number of nitrogens with one attached hydrogen (secondary N) is 2. The molecule has 0 radical (unpaired) electrons. The number of carbonyl (C=O) groups excluding carboxylic acids is 1. The molecule has 2 aromatic heterocycles. The molecule has 1 fully saturated rings. The van der Waals surface area contributed by atoms with Gasteiger partial charge in [0.05, 0.1) is 26.1 Å². The van der Waals surface area contributed by atoms with Crippen LogP contribution >= 0.6 is 0 Å². The predicted octanol–water partition coefficient (Wildman–Crippen LogP) is 5.77. The first-order valence-corrected chi connectivity index (χ1v) is 19.2. The van der Waals surface area contributed by atoms with E-state index in [1.54, 1.807) is 11.7 Å². The second-order valence-electron chi connectivity index (χ2n) is 14.0. The molecule has 1 aliphatic heterocycles. The van der Waals surface area contributed by atoms with E-state index in [1.807, 2.05) is 84.9 Å². The fourth-order valence-electron chi connectivity index (χ4n) is 6.20. The highest BCUT2D eigenvalue weighted by Gasteiger charge is 2.54. The topological polar surface area (TPSA) is 141 Å². The number of aromatic amines is 1. The van der Waals surface area contributed by atoms with Gasteiger partial charge in [-0.2, -0.15) is 4.98 Å². The number of nitrogens with zero attached hydrogens (tertiary/aromatic N) is 3. The summed E-state index contributed by atoms with van der Waals surface area (Å²) in [6.45, 7) is 9.95. The third-order valence-electron chi connectivity index (χ3n) is 9.99. The number of aldehydes is 1. The molecule has 0 aliphatic carbocycles. The fraction of sp³-hybridized carbons (Fsp3) is 0.351. The first-order chi connectivity index (χ1) is 23.4. The van der Waals surface area contributed by atoms with Gasteiger partial charge >= 0.3 is 0 Å². The average Bonchev–Trinajstić information content (AvgIpc) is 3.69. The number of ether oxygens (including phenoxy) is 2. The molecule has 3 heterocycles. The van der Waals surface area contributed by atoms with Crippen molar-refractivity contribution in [1.29, 1.82) is 0 Å². The van der Waals surface area contributed by atoms with E-state index in [4.69, 9.17) is 18.9 Å². The maximum Gasteiger partial charge on any atom is 0.280 e. The predicted molar refractivity (Wildman–Crippen MR) is 190 cm³/mol. The van der Waals surface area contributed by atoms with Crippen molar-refractivity contribution in [1.82, 2.24) is 19.5 Å². The zero-order valence-electron chi connectivity index (χ0n) is 28.6. The van der Waals surface area contributed by atoms with E-state index >= 15 is 0 Å². The van der Waals surface area contributed by atoms with Crippen LogP contribution in [0.25, 0.3) is 11.2 Å². The quantitative estimate of drug-likeness (QED) is 0.0900. The molecular weight excluding hydrogens is 639 g/mol. The smallest absolute Gasteiger partial charge is 0.280 e. The summed E-state index contributed by atoms with van der Waals surface area (Å²) in [7, 11) is -0.748. The van der Waals surface area contributed by atoms with Crippen LogP contribution in [0.15, 0.2) is 96.1 Å². The van der Waals surface area contributed by atoms with Gasteiger partial charge in [-0.25, -0.2) is 4.98 Å². The molecule has 5 aromatic rings. The molecule has 1 saturated heterocycles. The number of anilines is 1. The zero-order chi connectivity index (χ0) is 35.0. The Bertz CT molecular complexity index is 1930. The number of hydrogen-bond donors (Lipinski definition) is 3. The Balaban J connectivity index is 1.47. The number of aliphatic hydroxyl groups excluding tert-OH is 1. The molecule has 0 spiro atoms. The van der Waals surface area contributed by atoms with Crippen LogP contribution in [0, 0.1) is 0 Å². The van der Waals surface area contributed by atoms with E-state index in [9.17, 15) is 14.7 Å². The van der Waals surface area contributed by atoms with Gasteiger partial charge in [0.25, 0.3) is 5.56 Å². The van der Waals surface area contributed by atoms with Crippen molar-refractivity contribution >= 4 is 31.7 Å². The molecule has 11 nitrogen and oxygen atoms in total. The van der Waals surface area contributed by atoms with Crippen molar-refractivity contribution in [3.05, 3.63) is 118 Å². The van der Waals surface area contributed by atoms with Crippen molar-refractivity contribution in [2.45, 2.75) is 68.8 Å². The van der Waals surface area contributed by atoms with E-state index in [0.717, 1.165) is 16.7 Å². The van der Waals surface area contributed by atoms with Gasteiger partial charge in [-0.1, -0.05) is 93.6 Å². The van der Waals surface area contributed by atoms with Gasteiger partial charge < -0.3 is 24.3 Å². The summed E-state index contributed by atoms with van der Waals surface area (Å²) in [5.41, 5.74) is 0.0291. The first-order valence-electron chi connectivity index (χ1n) is 16.3. The number of H-pyrrole nitrogens is 1. The minimum Gasteiger partial charge on any atom is -0.497 e. The van der Waals surface area contributed by atoms with Crippen LogP contribution in [0.4, 0.5) is 5.95 Å². The standard InChI is InChI=1S/C37H43N5O6Si/c1-35(2,3)49(5,6)48-29-21-30(47-36(29,22-43)23-44)42-24-38-31-32(42)39-34(40-33(31)45)41-37(25-13-9-7-10-14-25,26-15-11-8-12-16-26)27-17-19-28(46-4)20-18-27/h7-20,22,24,29-30,44H,21,23H2,1-6H3,(H2,39,40,41,45)/t29-,30+,36+/m0/s1. The number of methoxy groups -OCH3 is 1. The fourth-order valence-corrected chi connectivity index (χ4v) is 7.56. The molecular formula is C37H43N5O6Si. The lowest BCUT2D eigenvalue weighted by Gasteiger charge is -2.40. The Morgan fingerprint density at radius 2 is 1.61 bits per heavy atom.